The van der Waals surface area contributed by atoms with Crippen molar-refractivity contribution in [3.05, 3.63) is 53.6 Å². The second kappa shape index (κ2) is 10.3. The predicted octanol–water partition coefficient (Wildman–Crippen LogP) is 5.87. The van der Waals surface area contributed by atoms with Gasteiger partial charge in [-0.25, -0.2) is 17.2 Å². The summed E-state index contributed by atoms with van der Waals surface area (Å²) in [6.45, 7) is -0.583. The molecule has 1 saturated heterocycles. The van der Waals surface area contributed by atoms with Crippen LogP contribution in [0.2, 0.25) is 0 Å². The highest BCUT2D eigenvalue weighted by atomic mass is 32.2. The van der Waals surface area contributed by atoms with E-state index in [1.54, 1.807) is 0 Å². The molecule has 3 atom stereocenters. The number of amides is 1. The van der Waals surface area contributed by atoms with Crippen LogP contribution < -0.4 is 10.2 Å². The number of likely N-dealkylation sites (tertiary alicyclic amines) is 1. The van der Waals surface area contributed by atoms with Crippen molar-refractivity contribution >= 4 is 36.0 Å². The van der Waals surface area contributed by atoms with Gasteiger partial charge in [0.05, 0.1) is 10.9 Å². The summed E-state index contributed by atoms with van der Waals surface area (Å²) in [6.07, 6.45) is -11.5. The molecule has 0 radical (unpaired) electrons. The maximum Gasteiger partial charge on any atom is 0.435 e. The van der Waals surface area contributed by atoms with E-state index >= 15 is 8.78 Å². The first kappa shape index (κ1) is 31.9. The Bertz CT molecular complexity index is 1510. The number of nitrogens with zero attached hydrogens (tertiary/aromatic N) is 2. The van der Waals surface area contributed by atoms with Crippen molar-refractivity contribution in [3.63, 3.8) is 0 Å². The minimum Gasteiger partial charge on any atom is -0.372 e. The quantitative estimate of drug-likeness (QED) is 0.306. The molecular weight excluding hydrogens is 627 g/mol. The molecule has 0 N–H and O–H groups in total. The van der Waals surface area contributed by atoms with E-state index in [1.165, 1.54) is 36.2 Å². The van der Waals surface area contributed by atoms with Crippen molar-refractivity contribution < 1.29 is 48.3 Å². The lowest BCUT2D eigenvalue weighted by Gasteiger charge is -2.47. The van der Waals surface area contributed by atoms with Gasteiger partial charge in [0.15, 0.2) is 15.5 Å². The number of rotatable bonds is 4. The van der Waals surface area contributed by atoms with Crippen LogP contribution in [0.25, 0.3) is 0 Å². The molecule has 3 unspecified atom stereocenters. The van der Waals surface area contributed by atoms with Crippen molar-refractivity contribution in [1.82, 2.24) is 4.90 Å². The third kappa shape index (κ3) is 4.64. The fourth-order valence-electron chi connectivity index (χ4n) is 6.83. The van der Waals surface area contributed by atoms with E-state index in [2.05, 4.69) is 9.24 Å². The molecule has 2 aromatic rings. The van der Waals surface area contributed by atoms with E-state index in [0.29, 0.717) is 30.3 Å². The zero-order chi connectivity index (χ0) is 31.8. The Hall–Kier alpha value is -2.47. The van der Waals surface area contributed by atoms with Gasteiger partial charge in [-0.05, 0) is 61.2 Å². The van der Waals surface area contributed by atoms with Gasteiger partial charge in [0.1, 0.15) is 4.75 Å². The number of benzene rings is 2. The summed E-state index contributed by atoms with van der Waals surface area (Å²) < 4.78 is 140. The van der Waals surface area contributed by atoms with Crippen LogP contribution >= 0.6 is 9.24 Å². The second-order valence-corrected chi connectivity index (χ2v) is 14.4. The topological polar surface area (TPSA) is 57.7 Å². The molecule has 0 spiro atoms. The van der Waals surface area contributed by atoms with Gasteiger partial charge in [-0.1, -0.05) is 30.7 Å². The van der Waals surface area contributed by atoms with Gasteiger partial charge >= 0.3 is 18.0 Å². The van der Waals surface area contributed by atoms with E-state index < -0.39 is 55.8 Å². The van der Waals surface area contributed by atoms with E-state index in [9.17, 15) is 39.6 Å². The lowest BCUT2D eigenvalue weighted by molar-refractivity contribution is -0.348. The van der Waals surface area contributed by atoms with Crippen molar-refractivity contribution in [2.45, 2.75) is 77.9 Å². The molecule has 15 heteroatoms. The van der Waals surface area contributed by atoms with Crippen LogP contribution in [0.5, 0.6) is 0 Å². The molecule has 5 rings (SSSR count). The molecule has 3 aliphatic rings. The monoisotopic (exact) mass is 656 g/mol. The SMILES string of the molecule is CN1CC2N(C(=O)C3(F)CCCCC3)CCC2(S(=O)(=O)c2ccc(P)cc2)c2ccc(C(F)(C(F)(F)F)C(F)(F)F)cc21. The molecule has 2 aromatic carbocycles. The molecule has 43 heavy (non-hydrogen) atoms. The third-order valence-electron chi connectivity index (χ3n) is 9.09. The Labute approximate surface area is 245 Å². The number of sulfone groups is 1. The van der Waals surface area contributed by atoms with Gasteiger partial charge < -0.3 is 9.80 Å². The average molecular weight is 657 g/mol. The van der Waals surface area contributed by atoms with Gasteiger partial charge in [-0.2, -0.15) is 26.3 Å². The van der Waals surface area contributed by atoms with Crippen LogP contribution in [-0.4, -0.2) is 63.4 Å². The summed E-state index contributed by atoms with van der Waals surface area (Å²) in [7, 11) is -0.854. The second-order valence-electron chi connectivity index (χ2n) is 11.5. The van der Waals surface area contributed by atoms with Crippen molar-refractivity contribution in [1.29, 1.82) is 0 Å². The first-order chi connectivity index (χ1) is 19.8. The van der Waals surface area contributed by atoms with Gasteiger partial charge in [0.25, 0.3) is 5.91 Å². The summed E-state index contributed by atoms with van der Waals surface area (Å²) in [6, 6.07) is 5.78. The molecule has 2 heterocycles. The zero-order valence-corrected chi connectivity index (χ0v) is 24.9. The fourth-order valence-corrected chi connectivity index (χ4v) is 9.32. The normalized spacial score (nSPS) is 24.5. The number of halogens is 8. The molecule has 236 valence electrons. The van der Waals surface area contributed by atoms with Crippen LogP contribution in [0.15, 0.2) is 47.4 Å². The first-order valence-electron chi connectivity index (χ1n) is 13.6. The molecule has 0 aromatic heterocycles. The number of alkyl halides is 8. The summed E-state index contributed by atoms with van der Waals surface area (Å²) >= 11 is 0. The molecule has 1 saturated carbocycles. The largest absolute Gasteiger partial charge is 0.435 e. The maximum atomic E-state index is 16.0. The fraction of sp³-hybridized carbons (Fsp3) is 0.536. The maximum absolute atomic E-state index is 16.0. The Morgan fingerprint density at radius 1 is 0.907 bits per heavy atom. The summed E-state index contributed by atoms with van der Waals surface area (Å²) in [5, 5.41) is 0.639. The molecule has 1 amide bonds. The molecule has 2 fully saturated rings. The Kier molecular flexibility index (Phi) is 7.64. The van der Waals surface area contributed by atoms with Crippen LogP contribution in [0.1, 0.15) is 49.7 Å². The number of hydrogen-bond donors (Lipinski definition) is 0. The van der Waals surface area contributed by atoms with Crippen molar-refractivity contribution in [3.8, 4) is 0 Å². The Morgan fingerprint density at radius 2 is 1.49 bits per heavy atom. The number of hydrogen-bond acceptors (Lipinski definition) is 4. The number of fused-ring (bicyclic) bond motifs is 3. The zero-order valence-electron chi connectivity index (χ0n) is 22.9. The summed E-state index contributed by atoms with van der Waals surface area (Å²) in [5.41, 5.74) is -10.3. The van der Waals surface area contributed by atoms with Gasteiger partial charge in [0.2, 0.25) is 0 Å². The summed E-state index contributed by atoms with van der Waals surface area (Å²) in [4.78, 5) is 15.8. The molecular formula is C28H29F8N2O3PS. The van der Waals surface area contributed by atoms with E-state index in [1.807, 2.05) is 0 Å². The standard InChI is InChI=1S/C28H29F8N2O3PS/c1-37-16-22-25(43(40,41)19-8-6-18(42)7-9-19,13-14-38(22)23(39)24(29)11-3-2-4-12-24)20-10-5-17(15-21(20)37)26(30,27(31,32)33)28(34,35)36/h5-10,15,22H,2-4,11-14,16,42H2,1H3. The van der Waals surface area contributed by atoms with Crippen LogP contribution in [0.3, 0.4) is 0 Å². The minimum atomic E-state index is -6.37. The Morgan fingerprint density at radius 3 is 2.05 bits per heavy atom. The lowest BCUT2D eigenvalue weighted by atomic mass is 9.81. The molecule has 1 aliphatic carbocycles. The predicted molar refractivity (Wildman–Crippen MR) is 146 cm³/mol. The Balaban J connectivity index is 1.73. The third-order valence-corrected chi connectivity index (χ3v) is 12.0. The summed E-state index contributed by atoms with van der Waals surface area (Å²) in [5.74, 6) is -0.889. The van der Waals surface area contributed by atoms with Crippen LogP contribution in [0.4, 0.5) is 40.8 Å². The molecule has 2 aliphatic heterocycles. The first-order valence-corrected chi connectivity index (χ1v) is 15.7. The highest BCUT2D eigenvalue weighted by Gasteiger charge is 2.74. The van der Waals surface area contributed by atoms with Crippen LogP contribution in [-0.2, 0) is 25.0 Å². The van der Waals surface area contributed by atoms with Gasteiger partial charge in [-0.15, -0.1) is 9.24 Å². The lowest BCUT2D eigenvalue weighted by Crippen LogP contribution is -2.60. The minimum absolute atomic E-state index is 0.0479. The van der Waals surface area contributed by atoms with E-state index in [0.717, 1.165) is 17.4 Å². The van der Waals surface area contributed by atoms with Gasteiger partial charge in [-0.3, -0.25) is 4.79 Å². The number of carbonyl (C=O) groups excluding carboxylic acids is 1. The van der Waals surface area contributed by atoms with E-state index in [4.69, 9.17) is 0 Å². The average Bonchev–Trinajstić information content (AvgIpc) is 3.32. The number of carbonyl (C=O) groups is 1. The number of likely N-dealkylation sites (N-methyl/N-ethyl adjacent to an activating group) is 1. The van der Waals surface area contributed by atoms with Crippen molar-refractivity contribution in [2.75, 3.05) is 25.0 Å². The highest BCUT2D eigenvalue weighted by molar-refractivity contribution is 7.92. The highest BCUT2D eigenvalue weighted by Crippen LogP contribution is 2.57. The van der Waals surface area contributed by atoms with E-state index in [-0.39, 0.29) is 48.5 Å². The molecule has 0 bridgehead atoms. The van der Waals surface area contributed by atoms with Gasteiger partial charge in [0, 0.05) is 31.4 Å². The molecule has 5 nitrogen and oxygen atoms in total. The number of anilines is 1. The van der Waals surface area contributed by atoms with Crippen molar-refractivity contribution in [2.24, 2.45) is 0 Å². The smallest absolute Gasteiger partial charge is 0.372 e. The van der Waals surface area contributed by atoms with Crippen LogP contribution in [0, 0.1) is 0 Å².